The summed E-state index contributed by atoms with van der Waals surface area (Å²) in [5.74, 6) is 0.447. The number of nitrogens with one attached hydrogen (secondary N) is 2. The lowest BCUT2D eigenvalue weighted by Crippen LogP contribution is -2.20. The van der Waals surface area contributed by atoms with Crippen molar-refractivity contribution < 1.29 is 9.53 Å². The van der Waals surface area contributed by atoms with Crippen molar-refractivity contribution in [2.45, 2.75) is 27.3 Å². The Morgan fingerprint density at radius 3 is 2.48 bits per heavy atom. The Kier molecular flexibility index (Phi) is 6.94. The number of ether oxygens (including phenoxy) is 1. The number of rotatable bonds is 7. The highest BCUT2D eigenvalue weighted by Crippen LogP contribution is 2.27. The van der Waals surface area contributed by atoms with Gasteiger partial charge in [0, 0.05) is 17.9 Å². The molecule has 0 aliphatic carbocycles. The number of benzene rings is 3. The number of halogens is 1. The van der Waals surface area contributed by atoms with Crippen LogP contribution in [0.4, 0.5) is 11.4 Å². The quantitative estimate of drug-likeness (QED) is 0.461. The molecule has 0 saturated heterocycles. The molecule has 3 aromatic carbocycles. The summed E-state index contributed by atoms with van der Waals surface area (Å²) in [6, 6.07) is 19.9. The van der Waals surface area contributed by atoms with Gasteiger partial charge in [0.1, 0.15) is 5.75 Å². The molecule has 150 valence electrons. The molecule has 4 nitrogen and oxygen atoms in total. The highest BCUT2D eigenvalue weighted by Gasteiger charge is 2.08. The van der Waals surface area contributed by atoms with E-state index in [4.69, 9.17) is 4.74 Å². The molecular weight excluding hydrogens is 428 g/mol. The highest BCUT2D eigenvalue weighted by atomic mass is 79.9. The van der Waals surface area contributed by atoms with E-state index >= 15 is 0 Å². The van der Waals surface area contributed by atoms with E-state index in [9.17, 15) is 4.79 Å². The van der Waals surface area contributed by atoms with Crippen molar-refractivity contribution in [1.29, 1.82) is 0 Å². The number of carbonyl (C=O) groups excluding carboxylic acids is 1. The van der Waals surface area contributed by atoms with Crippen LogP contribution in [0.25, 0.3) is 0 Å². The average molecular weight is 453 g/mol. The van der Waals surface area contributed by atoms with Crippen molar-refractivity contribution >= 4 is 33.2 Å². The molecular formula is C24H25BrN2O2. The predicted octanol–water partition coefficient (Wildman–Crippen LogP) is 6.00. The third-order valence-electron chi connectivity index (χ3n) is 4.52. The van der Waals surface area contributed by atoms with Gasteiger partial charge in [-0.1, -0.05) is 35.9 Å². The fraction of sp³-hybridized carbons (Fsp3) is 0.208. The Hall–Kier alpha value is -2.79. The standard InChI is InChI=1S/C24H25BrN2O2/c1-16-5-4-6-20(12-16)27-24(28)15-29-23-10-8-19(13-21(23)25)14-26-22-9-7-17(2)11-18(22)3/h4-13,26H,14-15H2,1-3H3,(H,27,28). The minimum absolute atomic E-state index is 0.0489. The molecule has 29 heavy (non-hydrogen) atoms. The first kappa shape index (κ1) is 20.9. The summed E-state index contributed by atoms with van der Waals surface area (Å²) in [5, 5.41) is 6.30. The highest BCUT2D eigenvalue weighted by molar-refractivity contribution is 9.10. The topological polar surface area (TPSA) is 50.4 Å². The largest absolute Gasteiger partial charge is 0.483 e. The molecule has 0 aromatic heterocycles. The van der Waals surface area contributed by atoms with Crippen molar-refractivity contribution in [2.75, 3.05) is 17.2 Å². The smallest absolute Gasteiger partial charge is 0.262 e. The first-order chi connectivity index (χ1) is 13.9. The molecule has 0 radical (unpaired) electrons. The number of hydrogen-bond acceptors (Lipinski definition) is 3. The minimum Gasteiger partial charge on any atom is -0.483 e. The van der Waals surface area contributed by atoms with Gasteiger partial charge in [-0.25, -0.2) is 0 Å². The van der Waals surface area contributed by atoms with Crippen molar-refractivity contribution in [3.8, 4) is 5.75 Å². The van der Waals surface area contributed by atoms with Gasteiger partial charge in [0.2, 0.25) is 0 Å². The van der Waals surface area contributed by atoms with E-state index in [-0.39, 0.29) is 12.5 Å². The molecule has 1 amide bonds. The lowest BCUT2D eigenvalue weighted by molar-refractivity contribution is -0.118. The second-order valence-electron chi connectivity index (χ2n) is 7.14. The van der Waals surface area contributed by atoms with Gasteiger partial charge in [0.15, 0.2) is 6.61 Å². The van der Waals surface area contributed by atoms with Crippen LogP contribution in [0.3, 0.4) is 0 Å². The zero-order chi connectivity index (χ0) is 20.8. The SMILES string of the molecule is Cc1cccc(NC(=O)COc2ccc(CNc3ccc(C)cc3C)cc2Br)c1. The number of hydrogen-bond donors (Lipinski definition) is 2. The fourth-order valence-electron chi connectivity index (χ4n) is 3.04. The van der Waals surface area contributed by atoms with Crippen LogP contribution in [0.15, 0.2) is 65.1 Å². The van der Waals surface area contributed by atoms with E-state index in [0.29, 0.717) is 12.3 Å². The van der Waals surface area contributed by atoms with Gasteiger partial charge in [-0.2, -0.15) is 0 Å². The molecule has 0 atom stereocenters. The van der Waals surface area contributed by atoms with Crippen LogP contribution in [-0.2, 0) is 11.3 Å². The van der Waals surface area contributed by atoms with Crippen LogP contribution in [0.5, 0.6) is 5.75 Å². The zero-order valence-electron chi connectivity index (χ0n) is 16.9. The van der Waals surface area contributed by atoms with Crippen LogP contribution in [0.1, 0.15) is 22.3 Å². The van der Waals surface area contributed by atoms with Gasteiger partial charge >= 0.3 is 0 Å². The van der Waals surface area contributed by atoms with Gasteiger partial charge in [-0.15, -0.1) is 0 Å². The molecule has 0 fully saturated rings. The normalized spacial score (nSPS) is 10.5. The molecule has 3 aromatic rings. The molecule has 0 aliphatic heterocycles. The van der Waals surface area contributed by atoms with E-state index in [1.54, 1.807) is 0 Å². The minimum atomic E-state index is -0.192. The summed E-state index contributed by atoms with van der Waals surface area (Å²) in [6.45, 7) is 6.83. The average Bonchev–Trinajstić information content (AvgIpc) is 2.66. The first-order valence-electron chi connectivity index (χ1n) is 9.49. The Morgan fingerprint density at radius 2 is 1.76 bits per heavy atom. The van der Waals surface area contributed by atoms with E-state index in [1.165, 1.54) is 11.1 Å². The van der Waals surface area contributed by atoms with Crippen molar-refractivity contribution in [2.24, 2.45) is 0 Å². The van der Waals surface area contributed by atoms with E-state index in [2.05, 4.69) is 58.6 Å². The Labute approximate surface area is 180 Å². The van der Waals surface area contributed by atoms with E-state index in [0.717, 1.165) is 27.0 Å². The van der Waals surface area contributed by atoms with Crippen LogP contribution < -0.4 is 15.4 Å². The van der Waals surface area contributed by atoms with Crippen LogP contribution in [-0.4, -0.2) is 12.5 Å². The number of amides is 1. The fourth-order valence-corrected chi connectivity index (χ4v) is 3.58. The zero-order valence-corrected chi connectivity index (χ0v) is 18.5. The van der Waals surface area contributed by atoms with Gasteiger partial charge in [0.05, 0.1) is 4.47 Å². The van der Waals surface area contributed by atoms with Crippen molar-refractivity contribution in [1.82, 2.24) is 0 Å². The molecule has 5 heteroatoms. The summed E-state index contributed by atoms with van der Waals surface area (Å²) in [6.07, 6.45) is 0. The number of carbonyl (C=O) groups is 1. The van der Waals surface area contributed by atoms with Crippen LogP contribution in [0, 0.1) is 20.8 Å². The summed E-state index contributed by atoms with van der Waals surface area (Å²) < 4.78 is 6.49. The number of aryl methyl sites for hydroxylation is 3. The molecule has 0 unspecified atom stereocenters. The van der Waals surface area contributed by atoms with Gasteiger partial charge in [-0.05, 0) is 83.7 Å². The Balaban J connectivity index is 1.54. The van der Waals surface area contributed by atoms with Crippen LogP contribution in [0.2, 0.25) is 0 Å². The lowest BCUT2D eigenvalue weighted by Gasteiger charge is -2.13. The molecule has 0 spiro atoms. The molecule has 0 bridgehead atoms. The number of anilines is 2. The molecule has 2 N–H and O–H groups in total. The van der Waals surface area contributed by atoms with Crippen molar-refractivity contribution in [3.05, 3.63) is 87.4 Å². The predicted molar refractivity (Wildman–Crippen MR) is 123 cm³/mol. The monoisotopic (exact) mass is 452 g/mol. The maximum Gasteiger partial charge on any atom is 0.262 e. The van der Waals surface area contributed by atoms with Crippen LogP contribution >= 0.6 is 15.9 Å². The van der Waals surface area contributed by atoms with Gasteiger partial charge in [0.25, 0.3) is 5.91 Å². The summed E-state index contributed by atoms with van der Waals surface area (Å²) in [4.78, 5) is 12.1. The third-order valence-corrected chi connectivity index (χ3v) is 5.14. The summed E-state index contributed by atoms with van der Waals surface area (Å²) in [5.41, 5.74) is 6.59. The van der Waals surface area contributed by atoms with E-state index < -0.39 is 0 Å². The first-order valence-corrected chi connectivity index (χ1v) is 10.3. The second-order valence-corrected chi connectivity index (χ2v) is 8.00. The Bertz CT molecular complexity index is 1020. The maximum absolute atomic E-state index is 12.1. The Morgan fingerprint density at radius 1 is 0.966 bits per heavy atom. The molecule has 0 aliphatic rings. The third kappa shape index (κ3) is 6.09. The lowest BCUT2D eigenvalue weighted by atomic mass is 10.1. The van der Waals surface area contributed by atoms with Gasteiger partial charge in [-0.3, -0.25) is 4.79 Å². The maximum atomic E-state index is 12.1. The van der Waals surface area contributed by atoms with Crippen molar-refractivity contribution in [3.63, 3.8) is 0 Å². The molecule has 0 heterocycles. The second kappa shape index (κ2) is 9.61. The summed E-state index contributed by atoms with van der Waals surface area (Å²) in [7, 11) is 0. The van der Waals surface area contributed by atoms with Gasteiger partial charge < -0.3 is 15.4 Å². The summed E-state index contributed by atoms with van der Waals surface area (Å²) >= 11 is 3.54. The van der Waals surface area contributed by atoms with E-state index in [1.807, 2.05) is 49.4 Å². The molecule has 0 saturated carbocycles. The molecule has 3 rings (SSSR count).